The third-order valence-electron chi connectivity index (χ3n) is 5.48. The maximum Gasteiger partial charge on any atom is 0.326 e. The van der Waals surface area contributed by atoms with Crippen LogP contribution in [-0.2, 0) is 25.6 Å². The van der Waals surface area contributed by atoms with Crippen LogP contribution in [0.1, 0.15) is 51.6 Å². The lowest BCUT2D eigenvalue weighted by molar-refractivity contribution is -0.142. The molecule has 0 aromatic carbocycles. The van der Waals surface area contributed by atoms with Gasteiger partial charge in [-0.1, -0.05) is 13.8 Å². The normalized spacial score (nSPS) is 14.5. The van der Waals surface area contributed by atoms with E-state index in [0.717, 1.165) is 0 Å². The van der Waals surface area contributed by atoms with E-state index in [-0.39, 0.29) is 25.2 Å². The van der Waals surface area contributed by atoms with Crippen LogP contribution in [0.4, 0.5) is 0 Å². The van der Waals surface area contributed by atoms with Crippen molar-refractivity contribution in [2.45, 2.75) is 76.5 Å². The van der Waals surface area contributed by atoms with Crippen LogP contribution in [-0.4, -0.2) is 81.5 Å². The van der Waals surface area contributed by atoms with Crippen LogP contribution in [0.5, 0.6) is 0 Å². The van der Waals surface area contributed by atoms with Crippen LogP contribution in [0, 0.1) is 5.92 Å². The number of nitrogens with two attached hydrogens (primary N) is 2. The van der Waals surface area contributed by atoms with E-state index >= 15 is 0 Å². The SMILES string of the molecule is CSCCC(NC(=O)C(N)Cc1cnc[nH]1)C(=O)NC(CCCCN)C(=O)NC(CC(C)C)C(=O)O. The Morgan fingerprint density at radius 1 is 1.03 bits per heavy atom. The van der Waals surface area contributed by atoms with Crippen molar-refractivity contribution in [1.29, 1.82) is 0 Å². The van der Waals surface area contributed by atoms with Crippen LogP contribution in [0.15, 0.2) is 12.5 Å². The molecule has 0 spiro atoms. The van der Waals surface area contributed by atoms with Crippen LogP contribution in [0.3, 0.4) is 0 Å². The second-order valence-electron chi connectivity index (χ2n) is 9.10. The molecule has 12 nitrogen and oxygen atoms in total. The van der Waals surface area contributed by atoms with E-state index in [1.54, 1.807) is 6.20 Å². The molecule has 4 atom stereocenters. The van der Waals surface area contributed by atoms with Gasteiger partial charge in [-0.3, -0.25) is 14.4 Å². The number of aromatic nitrogens is 2. The quantitative estimate of drug-likeness (QED) is 0.125. The maximum absolute atomic E-state index is 13.2. The van der Waals surface area contributed by atoms with Gasteiger partial charge in [-0.05, 0) is 56.6 Å². The van der Waals surface area contributed by atoms with E-state index in [2.05, 4.69) is 25.9 Å². The number of thioether (sulfide) groups is 1. The lowest BCUT2D eigenvalue weighted by Crippen LogP contribution is -2.57. The number of imidazole rings is 1. The Bertz CT molecular complexity index is 822. The highest BCUT2D eigenvalue weighted by molar-refractivity contribution is 7.98. The number of carbonyl (C=O) groups is 4. The summed E-state index contributed by atoms with van der Waals surface area (Å²) in [4.78, 5) is 57.2. The molecule has 3 amide bonds. The second kappa shape index (κ2) is 16.9. The Hall–Kier alpha value is -2.64. The fourth-order valence-corrected chi connectivity index (χ4v) is 3.98. The first-order chi connectivity index (χ1) is 17.1. The molecule has 4 unspecified atom stereocenters. The Kier molecular flexibility index (Phi) is 14.8. The number of nitrogens with zero attached hydrogens (tertiary/aromatic N) is 1. The number of rotatable bonds is 18. The Morgan fingerprint density at radius 3 is 2.17 bits per heavy atom. The second-order valence-corrected chi connectivity index (χ2v) is 10.1. The van der Waals surface area contributed by atoms with Crippen molar-refractivity contribution in [1.82, 2.24) is 25.9 Å². The molecule has 36 heavy (non-hydrogen) atoms. The highest BCUT2D eigenvalue weighted by atomic mass is 32.2. The van der Waals surface area contributed by atoms with Gasteiger partial charge in [0.15, 0.2) is 0 Å². The molecule has 0 saturated heterocycles. The summed E-state index contributed by atoms with van der Waals surface area (Å²) in [6.07, 6.45) is 7.23. The number of carboxylic acids is 1. The average molecular weight is 528 g/mol. The van der Waals surface area contributed by atoms with Gasteiger partial charge >= 0.3 is 5.97 Å². The third kappa shape index (κ3) is 11.9. The third-order valence-corrected chi connectivity index (χ3v) is 6.12. The number of nitrogens with one attached hydrogen (secondary N) is 4. The summed E-state index contributed by atoms with van der Waals surface area (Å²) in [6, 6.07) is -3.84. The zero-order chi connectivity index (χ0) is 27.1. The van der Waals surface area contributed by atoms with Gasteiger partial charge in [0.05, 0.1) is 12.4 Å². The summed E-state index contributed by atoms with van der Waals surface area (Å²) in [5.41, 5.74) is 12.3. The molecule has 9 N–H and O–H groups in total. The molecular weight excluding hydrogens is 486 g/mol. The van der Waals surface area contributed by atoms with Crippen LogP contribution < -0.4 is 27.4 Å². The number of amides is 3. The number of aromatic amines is 1. The van der Waals surface area contributed by atoms with Gasteiger partial charge in [0.1, 0.15) is 18.1 Å². The number of carbonyl (C=O) groups excluding carboxylic acids is 3. The highest BCUT2D eigenvalue weighted by Gasteiger charge is 2.30. The Labute approximate surface area is 216 Å². The van der Waals surface area contributed by atoms with E-state index in [9.17, 15) is 24.3 Å². The number of aliphatic carboxylic acids is 1. The Balaban J connectivity index is 2.92. The molecule has 0 aliphatic rings. The molecule has 1 heterocycles. The summed E-state index contributed by atoms with van der Waals surface area (Å²) in [6.45, 7) is 4.14. The molecule has 0 fully saturated rings. The first kappa shape index (κ1) is 31.4. The minimum Gasteiger partial charge on any atom is -0.480 e. The van der Waals surface area contributed by atoms with Crippen LogP contribution >= 0.6 is 11.8 Å². The molecule has 0 aliphatic heterocycles. The molecule has 1 aromatic heterocycles. The van der Waals surface area contributed by atoms with Gasteiger partial charge < -0.3 is 37.5 Å². The molecule has 0 aliphatic carbocycles. The molecule has 1 rings (SSSR count). The molecule has 204 valence electrons. The van der Waals surface area contributed by atoms with Crippen molar-refractivity contribution < 1.29 is 24.3 Å². The number of carboxylic acid groups (broad SMARTS) is 1. The monoisotopic (exact) mass is 527 g/mol. The predicted molar refractivity (Wildman–Crippen MR) is 139 cm³/mol. The van der Waals surface area contributed by atoms with Gasteiger partial charge in [0.25, 0.3) is 0 Å². The zero-order valence-electron chi connectivity index (χ0n) is 21.3. The first-order valence-corrected chi connectivity index (χ1v) is 13.5. The van der Waals surface area contributed by atoms with E-state index in [4.69, 9.17) is 11.5 Å². The Morgan fingerprint density at radius 2 is 1.64 bits per heavy atom. The summed E-state index contributed by atoms with van der Waals surface area (Å²) in [5.74, 6) is -2.12. The van der Waals surface area contributed by atoms with Crippen molar-refractivity contribution in [3.05, 3.63) is 18.2 Å². The fourth-order valence-electron chi connectivity index (χ4n) is 3.51. The summed E-state index contributed by atoms with van der Waals surface area (Å²) in [7, 11) is 0. The number of unbranched alkanes of at least 4 members (excludes halogenated alkanes) is 1. The fraction of sp³-hybridized carbons (Fsp3) is 0.696. The minimum atomic E-state index is -1.14. The lowest BCUT2D eigenvalue weighted by atomic mass is 10.0. The molecule has 13 heteroatoms. The average Bonchev–Trinajstić information content (AvgIpc) is 3.33. The van der Waals surface area contributed by atoms with Gasteiger partial charge in [-0.25, -0.2) is 9.78 Å². The molecule has 0 bridgehead atoms. The number of hydrogen-bond acceptors (Lipinski definition) is 8. The smallest absolute Gasteiger partial charge is 0.326 e. The molecule has 0 radical (unpaired) electrons. The van der Waals surface area contributed by atoms with Crippen molar-refractivity contribution >= 4 is 35.5 Å². The van der Waals surface area contributed by atoms with Crippen molar-refractivity contribution in [2.24, 2.45) is 17.4 Å². The van der Waals surface area contributed by atoms with Crippen LogP contribution in [0.25, 0.3) is 0 Å². The van der Waals surface area contributed by atoms with Gasteiger partial charge in [0, 0.05) is 18.3 Å². The highest BCUT2D eigenvalue weighted by Crippen LogP contribution is 2.09. The van der Waals surface area contributed by atoms with E-state index < -0.39 is 47.9 Å². The lowest BCUT2D eigenvalue weighted by Gasteiger charge is -2.25. The van der Waals surface area contributed by atoms with Crippen molar-refractivity contribution in [2.75, 3.05) is 18.6 Å². The van der Waals surface area contributed by atoms with E-state index in [0.29, 0.717) is 37.3 Å². The molecule has 0 saturated carbocycles. The van der Waals surface area contributed by atoms with Gasteiger partial charge in [0.2, 0.25) is 17.7 Å². The van der Waals surface area contributed by atoms with Gasteiger partial charge in [-0.15, -0.1) is 0 Å². The minimum absolute atomic E-state index is 0.0498. The molecular formula is C23H41N7O5S. The first-order valence-electron chi connectivity index (χ1n) is 12.1. The standard InChI is InChI=1S/C23H41N7O5S/c1-14(2)10-19(23(34)35)30-21(32)17(6-4-5-8-24)29-22(33)18(7-9-36-3)28-20(31)16(25)11-15-12-26-13-27-15/h12-14,16-19H,4-11,24-25H2,1-3H3,(H,26,27)(H,28,31)(H,29,33)(H,30,32)(H,34,35). The number of H-pyrrole nitrogens is 1. The molecule has 1 aromatic rings. The summed E-state index contributed by atoms with van der Waals surface area (Å²) >= 11 is 1.51. The predicted octanol–water partition coefficient (Wildman–Crippen LogP) is -0.253. The maximum atomic E-state index is 13.2. The largest absolute Gasteiger partial charge is 0.480 e. The topological polar surface area (TPSA) is 205 Å². The van der Waals surface area contributed by atoms with E-state index in [1.165, 1.54) is 18.1 Å². The zero-order valence-corrected chi connectivity index (χ0v) is 22.1. The number of hydrogen-bond donors (Lipinski definition) is 7. The van der Waals surface area contributed by atoms with E-state index in [1.807, 2.05) is 20.1 Å². The van der Waals surface area contributed by atoms with Crippen LogP contribution in [0.2, 0.25) is 0 Å². The summed E-state index contributed by atoms with van der Waals surface area (Å²) in [5, 5.41) is 17.4. The van der Waals surface area contributed by atoms with Crippen molar-refractivity contribution in [3.63, 3.8) is 0 Å². The van der Waals surface area contributed by atoms with Gasteiger partial charge in [-0.2, -0.15) is 11.8 Å². The summed E-state index contributed by atoms with van der Waals surface area (Å²) < 4.78 is 0. The van der Waals surface area contributed by atoms with Crippen molar-refractivity contribution in [3.8, 4) is 0 Å².